The topological polar surface area (TPSA) is 12.4 Å². The van der Waals surface area contributed by atoms with Gasteiger partial charge in [0.2, 0.25) is 0 Å². The van der Waals surface area contributed by atoms with Gasteiger partial charge in [0.1, 0.15) is 0 Å². The number of allylic oxidation sites excluding steroid dienone is 1. The first-order chi connectivity index (χ1) is 7.18. The van der Waals surface area contributed by atoms with Crippen LogP contribution in [0.15, 0.2) is 17.1 Å². The molecule has 1 rings (SSSR count). The molecule has 1 aliphatic heterocycles. The Kier molecular flexibility index (Phi) is 3.83. The van der Waals surface area contributed by atoms with Crippen LogP contribution in [0.4, 0.5) is 0 Å². The molecule has 0 saturated carbocycles. The molecule has 0 radical (unpaired) electrons. The molecular weight excluding hydrogens is 189 g/mol. The molecule has 1 nitrogen and oxygen atoms in total. The molecule has 0 amide bonds. The van der Waals surface area contributed by atoms with Crippen LogP contribution in [-0.2, 0) is 0 Å². The number of hydrogen-bond donors (Lipinski definition) is 0. The van der Waals surface area contributed by atoms with E-state index in [1.807, 2.05) is 0 Å². The summed E-state index contributed by atoms with van der Waals surface area (Å²) in [7, 11) is 0. The molecule has 1 aliphatic rings. The van der Waals surface area contributed by atoms with Crippen LogP contribution < -0.4 is 0 Å². The Morgan fingerprint density at radius 3 is 2.19 bits per heavy atom. The van der Waals surface area contributed by atoms with Crippen molar-refractivity contribution in [1.82, 2.24) is 0 Å². The van der Waals surface area contributed by atoms with Crippen LogP contribution in [0.2, 0.25) is 0 Å². The minimum absolute atomic E-state index is 0.0243. The molecule has 86 valence electrons. The Labute approximate surface area is 110 Å². The zero-order chi connectivity index (χ0) is 12.6. The molecule has 0 saturated heterocycles. The van der Waals surface area contributed by atoms with Crippen LogP contribution >= 0.6 is 0 Å². The fourth-order valence-electron chi connectivity index (χ4n) is 1.86. The maximum atomic E-state index is 5.01. The second-order valence-corrected chi connectivity index (χ2v) is 6.45. The Bertz CT molecular complexity index is 326. The number of aliphatic imine (C=N–C) groups is 1. The van der Waals surface area contributed by atoms with E-state index in [0.717, 1.165) is 12.8 Å². The van der Waals surface area contributed by atoms with Crippen molar-refractivity contribution in [3.8, 4) is 0 Å². The minimum atomic E-state index is -0.0243. The van der Waals surface area contributed by atoms with Crippen molar-refractivity contribution in [1.29, 1.82) is 0 Å². The summed E-state index contributed by atoms with van der Waals surface area (Å²) in [5.41, 5.74) is 1.70. The van der Waals surface area contributed by atoms with Crippen molar-refractivity contribution < 1.29 is 0 Å². The first-order valence-electron chi connectivity index (χ1n) is 6.48. The summed E-state index contributed by atoms with van der Waals surface area (Å²) >= 11 is 2.26. The molecule has 0 aliphatic carbocycles. The SMILES string of the molecule is [Li][C]1(C(C)(C)CC)C=CC(C(C)(C)CC)=N1. The van der Waals surface area contributed by atoms with Crippen molar-refractivity contribution in [2.45, 2.75) is 58.6 Å². The molecule has 0 bridgehead atoms. The van der Waals surface area contributed by atoms with E-state index in [-0.39, 0.29) is 15.0 Å². The van der Waals surface area contributed by atoms with Gasteiger partial charge in [-0.1, -0.05) is 0 Å². The molecular formula is C14H24LiN. The van der Waals surface area contributed by atoms with Gasteiger partial charge in [0, 0.05) is 0 Å². The first-order valence-corrected chi connectivity index (χ1v) is 6.48. The van der Waals surface area contributed by atoms with E-state index in [9.17, 15) is 0 Å². The molecule has 16 heavy (non-hydrogen) atoms. The quantitative estimate of drug-likeness (QED) is 0.631. The Hall–Kier alpha value is 0.00740. The van der Waals surface area contributed by atoms with E-state index >= 15 is 0 Å². The van der Waals surface area contributed by atoms with Gasteiger partial charge in [0.15, 0.2) is 0 Å². The van der Waals surface area contributed by atoms with Crippen LogP contribution in [0.5, 0.6) is 0 Å². The monoisotopic (exact) mass is 213 g/mol. The second-order valence-electron chi connectivity index (χ2n) is 6.45. The molecule has 0 aromatic carbocycles. The summed E-state index contributed by atoms with van der Waals surface area (Å²) in [5.74, 6) is 0. The Balaban J connectivity index is 3.05. The van der Waals surface area contributed by atoms with Gasteiger partial charge >= 0.3 is 110 Å². The molecule has 1 atom stereocenters. The average Bonchev–Trinajstić information content (AvgIpc) is 2.63. The van der Waals surface area contributed by atoms with Crippen LogP contribution in [0.1, 0.15) is 54.4 Å². The molecule has 1 unspecified atom stereocenters. The van der Waals surface area contributed by atoms with Crippen LogP contribution in [0.3, 0.4) is 0 Å². The average molecular weight is 213 g/mol. The zero-order valence-electron chi connectivity index (χ0n) is 12.0. The van der Waals surface area contributed by atoms with Crippen LogP contribution in [0.25, 0.3) is 0 Å². The van der Waals surface area contributed by atoms with E-state index in [4.69, 9.17) is 4.99 Å². The van der Waals surface area contributed by atoms with Crippen molar-refractivity contribution >= 4 is 23.4 Å². The van der Waals surface area contributed by atoms with Crippen molar-refractivity contribution in [3.63, 3.8) is 0 Å². The van der Waals surface area contributed by atoms with Gasteiger partial charge in [-0.15, -0.1) is 0 Å². The summed E-state index contributed by atoms with van der Waals surface area (Å²) in [6.07, 6.45) is 6.82. The summed E-state index contributed by atoms with van der Waals surface area (Å²) in [6.45, 7) is 13.7. The third kappa shape index (κ3) is 2.31. The predicted octanol–water partition coefficient (Wildman–Crippen LogP) is 3.73. The predicted molar refractivity (Wildman–Crippen MR) is 73.2 cm³/mol. The summed E-state index contributed by atoms with van der Waals surface area (Å²) < 4.78 is -0.0243. The van der Waals surface area contributed by atoms with E-state index in [0.29, 0.717) is 0 Å². The number of rotatable bonds is 4. The van der Waals surface area contributed by atoms with Gasteiger partial charge < -0.3 is 0 Å². The van der Waals surface area contributed by atoms with Crippen molar-refractivity contribution in [2.75, 3.05) is 0 Å². The number of hydrogen-bond acceptors (Lipinski definition) is 1. The van der Waals surface area contributed by atoms with E-state index in [1.165, 1.54) is 5.71 Å². The van der Waals surface area contributed by atoms with Gasteiger partial charge in [0.05, 0.1) is 0 Å². The standard InChI is InChI=1S/C14H24N.Li/c1-7-13(3,4)11-9-10-12(15-11)14(5,6)8-2;/h9-10H,7-8H2,1-6H3;. The molecule has 0 spiro atoms. The molecule has 0 N–H and O–H groups in total. The Morgan fingerprint density at radius 2 is 1.75 bits per heavy atom. The Morgan fingerprint density at radius 1 is 1.19 bits per heavy atom. The maximum absolute atomic E-state index is 5.01. The second kappa shape index (κ2) is 4.35. The van der Waals surface area contributed by atoms with E-state index < -0.39 is 0 Å². The van der Waals surface area contributed by atoms with Gasteiger partial charge in [-0.3, -0.25) is 0 Å². The third-order valence-electron chi connectivity index (χ3n) is 4.75. The fourth-order valence-corrected chi connectivity index (χ4v) is 1.86. The summed E-state index contributed by atoms with van der Waals surface area (Å²) in [6, 6.07) is 0. The van der Waals surface area contributed by atoms with Gasteiger partial charge in [-0.05, 0) is 0 Å². The molecule has 0 fully saturated rings. The van der Waals surface area contributed by atoms with Crippen LogP contribution in [0, 0.1) is 10.8 Å². The zero-order valence-corrected chi connectivity index (χ0v) is 12.0. The number of nitrogens with zero attached hydrogens (tertiary/aromatic N) is 1. The molecule has 1 heterocycles. The van der Waals surface area contributed by atoms with Crippen molar-refractivity contribution in [3.05, 3.63) is 12.2 Å². The van der Waals surface area contributed by atoms with E-state index in [2.05, 4.69) is 71.4 Å². The summed E-state index contributed by atoms with van der Waals surface area (Å²) in [5, 5.41) is 0. The van der Waals surface area contributed by atoms with Gasteiger partial charge in [-0.25, -0.2) is 0 Å². The molecule has 2 heteroatoms. The van der Waals surface area contributed by atoms with Crippen LogP contribution in [-0.4, -0.2) is 27.6 Å². The van der Waals surface area contributed by atoms with Gasteiger partial charge in [0.25, 0.3) is 0 Å². The molecule has 0 aromatic heterocycles. The first kappa shape index (κ1) is 14.1. The normalized spacial score (nSPS) is 26.1. The fraction of sp³-hybridized carbons (Fsp3) is 0.786. The molecule has 0 aromatic rings. The van der Waals surface area contributed by atoms with E-state index in [1.54, 1.807) is 0 Å². The van der Waals surface area contributed by atoms with Crippen molar-refractivity contribution in [2.24, 2.45) is 15.8 Å². The summed E-state index contributed by atoms with van der Waals surface area (Å²) in [4.78, 5) is 5.01. The van der Waals surface area contributed by atoms with Gasteiger partial charge in [-0.2, -0.15) is 0 Å². The third-order valence-corrected chi connectivity index (χ3v) is 4.75.